The van der Waals surface area contributed by atoms with E-state index >= 15 is 0 Å². The molecule has 0 aliphatic carbocycles. The summed E-state index contributed by atoms with van der Waals surface area (Å²) in [7, 11) is 1.56. The highest BCUT2D eigenvalue weighted by Gasteiger charge is 2.17. The van der Waals surface area contributed by atoms with Crippen molar-refractivity contribution in [3.63, 3.8) is 0 Å². The average molecular weight is 439 g/mol. The number of pyridine rings is 3. The van der Waals surface area contributed by atoms with Crippen molar-refractivity contribution in [2.75, 3.05) is 13.7 Å². The van der Waals surface area contributed by atoms with Gasteiger partial charge in [0.1, 0.15) is 5.75 Å². The largest absolute Gasteiger partial charge is 0.497 e. The molecule has 164 valence electrons. The maximum Gasteiger partial charge on any atom is 0.388 e. The average Bonchev–Trinajstić information content (AvgIpc) is 2.79. The number of nitrogens with zero attached hydrogens (tertiary/aromatic N) is 3. The topological polar surface area (TPSA) is 75.5 Å². The normalized spacial score (nSPS) is 11.0. The minimum absolute atomic E-state index is 0.248. The van der Waals surface area contributed by atoms with E-state index in [0.717, 1.165) is 0 Å². The van der Waals surface area contributed by atoms with Crippen LogP contribution in [-0.4, -0.2) is 34.9 Å². The number of aromatic nitrogens is 3. The Kier molecular flexibility index (Phi) is 5.98. The summed E-state index contributed by atoms with van der Waals surface area (Å²) in [6, 6.07) is 13.3. The van der Waals surface area contributed by atoms with E-state index in [0.29, 0.717) is 40.4 Å². The van der Waals surface area contributed by atoms with Gasteiger partial charge in [-0.1, -0.05) is 0 Å². The molecule has 0 fully saturated rings. The number of alkyl halides is 2. The fourth-order valence-electron chi connectivity index (χ4n) is 3.29. The summed E-state index contributed by atoms with van der Waals surface area (Å²) in [5, 5.41) is 0.687. The van der Waals surface area contributed by atoms with Crippen LogP contribution in [0, 0.1) is 0 Å². The molecule has 7 nitrogen and oxygen atoms in total. The van der Waals surface area contributed by atoms with Crippen LogP contribution >= 0.6 is 0 Å². The number of fused-ring (bicyclic) bond motifs is 1. The molecule has 0 N–H and O–H groups in total. The van der Waals surface area contributed by atoms with E-state index in [1.165, 1.54) is 22.9 Å². The Hall–Kier alpha value is -4.01. The lowest BCUT2D eigenvalue weighted by molar-refractivity contribution is -0.0528. The Balaban J connectivity index is 1.93. The van der Waals surface area contributed by atoms with Crippen LogP contribution in [0.2, 0.25) is 0 Å². The van der Waals surface area contributed by atoms with Gasteiger partial charge in [-0.15, -0.1) is 0 Å². The highest BCUT2D eigenvalue weighted by atomic mass is 19.3. The van der Waals surface area contributed by atoms with Crippen molar-refractivity contribution in [1.82, 2.24) is 14.5 Å². The minimum Gasteiger partial charge on any atom is -0.497 e. The first-order valence-electron chi connectivity index (χ1n) is 9.75. The second-order valence-corrected chi connectivity index (χ2v) is 6.66. The van der Waals surface area contributed by atoms with Gasteiger partial charge in [0.15, 0.2) is 0 Å². The van der Waals surface area contributed by atoms with Crippen LogP contribution in [0.3, 0.4) is 0 Å². The van der Waals surface area contributed by atoms with E-state index < -0.39 is 6.61 Å². The van der Waals surface area contributed by atoms with E-state index in [1.807, 2.05) is 6.92 Å². The summed E-state index contributed by atoms with van der Waals surface area (Å²) >= 11 is 0. The standard InChI is InChI=1S/C23H19F2N3O4/c1-3-31-19-11-5-15-13-28(16-6-8-17(30-2)9-7-16)22(29)20(21(15)27-19)14-4-10-18(26-12-14)32-23(24)25/h4-13,23H,3H2,1-2H3. The predicted molar refractivity (Wildman–Crippen MR) is 115 cm³/mol. The van der Waals surface area contributed by atoms with Crippen molar-refractivity contribution in [1.29, 1.82) is 0 Å². The van der Waals surface area contributed by atoms with Crippen molar-refractivity contribution in [3.8, 4) is 34.3 Å². The van der Waals surface area contributed by atoms with Gasteiger partial charge in [-0.3, -0.25) is 9.36 Å². The van der Waals surface area contributed by atoms with Crippen molar-refractivity contribution in [2.24, 2.45) is 0 Å². The molecule has 0 saturated heterocycles. The lowest BCUT2D eigenvalue weighted by atomic mass is 10.1. The van der Waals surface area contributed by atoms with Crippen molar-refractivity contribution in [3.05, 3.63) is 71.3 Å². The third-order valence-corrected chi connectivity index (χ3v) is 4.72. The van der Waals surface area contributed by atoms with Crippen molar-refractivity contribution >= 4 is 10.9 Å². The zero-order valence-corrected chi connectivity index (χ0v) is 17.3. The van der Waals surface area contributed by atoms with E-state index in [1.54, 1.807) is 49.7 Å². The van der Waals surface area contributed by atoms with Crippen LogP contribution in [0.1, 0.15) is 6.92 Å². The van der Waals surface area contributed by atoms with Crippen LogP contribution < -0.4 is 19.8 Å². The zero-order chi connectivity index (χ0) is 22.7. The Morgan fingerprint density at radius 2 is 1.78 bits per heavy atom. The molecule has 4 rings (SSSR count). The maximum absolute atomic E-state index is 13.5. The summed E-state index contributed by atoms with van der Waals surface area (Å²) in [4.78, 5) is 21.9. The van der Waals surface area contributed by atoms with Gasteiger partial charge in [-0.2, -0.15) is 8.78 Å². The van der Waals surface area contributed by atoms with Gasteiger partial charge >= 0.3 is 6.61 Å². The molecular formula is C23H19F2N3O4. The molecule has 0 aliphatic heterocycles. The number of benzene rings is 1. The van der Waals surface area contributed by atoms with Crippen LogP contribution in [0.5, 0.6) is 17.5 Å². The molecule has 0 bridgehead atoms. The Bertz CT molecular complexity index is 1290. The van der Waals surface area contributed by atoms with E-state index in [9.17, 15) is 13.6 Å². The van der Waals surface area contributed by atoms with E-state index in [-0.39, 0.29) is 17.0 Å². The first-order valence-corrected chi connectivity index (χ1v) is 9.75. The molecule has 1 aromatic carbocycles. The van der Waals surface area contributed by atoms with Gasteiger partial charge < -0.3 is 14.2 Å². The third kappa shape index (κ3) is 4.22. The molecule has 3 aromatic heterocycles. The maximum atomic E-state index is 13.5. The number of halogens is 2. The summed E-state index contributed by atoms with van der Waals surface area (Å²) in [6.45, 7) is -0.744. The molecule has 0 amide bonds. The quantitative estimate of drug-likeness (QED) is 0.423. The molecule has 0 aliphatic rings. The third-order valence-electron chi connectivity index (χ3n) is 4.72. The molecule has 0 atom stereocenters. The second-order valence-electron chi connectivity index (χ2n) is 6.66. The first-order chi connectivity index (χ1) is 15.5. The summed E-state index contributed by atoms with van der Waals surface area (Å²) in [6.07, 6.45) is 2.99. The number of rotatable bonds is 7. The number of ether oxygens (including phenoxy) is 3. The molecule has 32 heavy (non-hydrogen) atoms. The molecule has 9 heteroatoms. The van der Waals surface area contributed by atoms with Crippen LogP contribution in [0.4, 0.5) is 8.78 Å². The molecule has 4 aromatic rings. The zero-order valence-electron chi connectivity index (χ0n) is 17.3. The first kappa shape index (κ1) is 21.2. The van der Waals surface area contributed by atoms with Crippen molar-refractivity contribution in [2.45, 2.75) is 13.5 Å². The Morgan fingerprint density at radius 3 is 2.41 bits per heavy atom. The van der Waals surface area contributed by atoms with Gasteiger partial charge in [0.25, 0.3) is 5.56 Å². The minimum atomic E-state index is -2.99. The highest BCUT2D eigenvalue weighted by molar-refractivity contribution is 5.93. The lowest BCUT2D eigenvalue weighted by Gasteiger charge is -2.13. The van der Waals surface area contributed by atoms with E-state index in [4.69, 9.17) is 9.47 Å². The summed E-state index contributed by atoms with van der Waals surface area (Å²) in [5.74, 6) is 0.778. The highest BCUT2D eigenvalue weighted by Crippen LogP contribution is 2.28. The number of hydrogen-bond acceptors (Lipinski definition) is 6. The van der Waals surface area contributed by atoms with Gasteiger partial charge in [0.2, 0.25) is 11.8 Å². The summed E-state index contributed by atoms with van der Waals surface area (Å²) in [5.41, 5.74) is 1.35. The molecule has 0 spiro atoms. The monoisotopic (exact) mass is 439 g/mol. The number of hydrogen-bond donors (Lipinski definition) is 0. The van der Waals surface area contributed by atoms with E-state index in [2.05, 4.69) is 14.7 Å². The SMILES string of the molecule is CCOc1ccc2cn(-c3ccc(OC)cc3)c(=O)c(-c3ccc(OC(F)F)nc3)c2n1. The fourth-order valence-corrected chi connectivity index (χ4v) is 3.29. The van der Waals surface area contributed by atoms with Gasteiger partial charge in [-0.05, 0) is 43.3 Å². The molecule has 3 heterocycles. The van der Waals surface area contributed by atoms with Gasteiger partial charge in [-0.25, -0.2) is 9.97 Å². The van der Waals surface area contributed by atoms with Crippen LogP contribution in [0.25, 0.3) is 27.7 Å². The predicted octanol–water partition coefficient (Wildman–Crippen LogP) is 4.46. The van der Waals surface area contributed by atoms with Gasteiger partial charge in [0, 0.05) is 41.2 Å². The Morgan fingerprint density at radius 1 is 1.03 bits per heavy atom. The molecule has 0 radical (unpaired) electrons. The summed E-state index contributed by atoms with van der Waals surface area (Å²) < 4.78 is 41.4. The number of methoxy groups -OCH3 is 1. The molecule has 0 unspecified atom stereocenters. The van der Waals surface area contributed by atoms with Gasteiger partial charge in [0.05, 0.1) is 24.8 Å². The van der Waals surface area contributed by atoms with Crippen molar-refractivity contribution < 1.29 is 23.0 Å². The lowest BCUT2D eigenvalue weighted by Crippen LogP contribution is -2.20. The Labute approximate surface area is 181 Å². The van der Waals surface area contributed by atoms with Crippen LogP contribution in [-0.2, 0) is 0 Å². The molecular weight excluding hydrogens is 420 g/mol. The molecule has 0 saturated carbocycles. The smallest absolute Gasteiger partial charge is 0.388 e. The second kappa shape index (κ2) is 9.01. The van der Waals surface area contributed by atoms with Crippen LogP contribution in [0.15, 0.2) is 65.7 Å². The fraction of sp³-hybridized carbons (Fsp3) is 0.174.